The van der Waals surface area contributed by atoms with Gasteiger partial charge in [-0.15, -0.1) is 0 Å². The van der Waals surface area contributed by atoms with Crippen molar-refractivity contribution in [3.05, 3.63) is 70.7 Å². The molecule has 0 fully saturated rings. The van der Waals surface area contributed by atoms with Crippen LogP contribution in [0.25, 0.3) is 11.3 Å². The van der Waals surface area contributed by atoms with Gasteiger partial charge in [-0.05, 0) is 41.8 Å². The Labute approximate surface area is 179 Å². The van der Waals surface area contributed by atoms with Crippen molar-refractivity contribution in [2.24, 2.45) is 10.9 Å². The largest absolute Gasteiger partial charge is 0.309 e. The van der Waals surface area contributed by atoms with E-state index in [-0.39, 0.29) is 11.9 Å². The highest BCUT2D eigenvalue weighted by molar-refractivity contribution is 6.30. The predicted octanol–water partition coefficient (Wildman–Crippen LogP) is 4.46. The number of guanidine groups is 1. The topological polar surface area (TPSA) is 106 Å². The number of nitriles is 1. The number of anilines is 1. The zero-order chi connectivity index (χ0) is 21.5. The molecule has 3 aromatic rings. The number of aromatic nitrogens is 2. The Morgan fingerprint density at radius 1 is 1.23 bits per heavy atom. The summed E-state index contributed by atoms with van der Waals surface area (Å²) in [5.41, 5.74) is 2.51. The highest BCUT2D eigenvalue weighted by Crippen LogP contribution is 2.21. The molecule has 8 heteroatoms. The molecule has 2 aromatic carbocycles. The van der Waals surface area contributed by atoms with Gasteiger partial charge < -0.3 is 5.32 Å². The molecule has 1 heterocycles. The van der Waals surface area contributed by atoms with Gasteiger partial charge in [0.2, 0.25) is 5.96 Å². The van der Waals surface area contributed by atoms with E-state index < -0.39 is 0 Å². The fourth-order valence-corrected chi connectivity index (χ4v) is 2.70. The minimum Gasteiger partial charge on any atom is -0.309 e. The van der Waals surface area contributed by atoms with Gasteiger partial charge in [-0.2, -0.15) is 10.4 Å². The number of H-pyrrole nitrogens is 1. The minimum absolute atomic E-state index is 0.283. The number of hydrogen-bond acceptors (Lipinski definition) is 4. The van der Waals surface area contributed by atoms with E-state index in [4.69, 9.17) is 16.9 Å². The zero-order valence-electron chi connectivity index (χ0n) is 16.6. The maximum Gasteiger partial charge on any atom is 0.258 e. The van der Waals surface area contributed by atoms with Gasteiger partial charge >= 0.3 is 0 Å². The van der Waals surface area contributed by atoms with Crippen molar-refractivity contribution in [2.45, 2.75) is 13.8 Å². The first-order valence-corrected chi connectivity index (χ1v) is 9.76. The van der Waals surface area contributed by atoms with Gasteiger partial charge in [0.15, 0.2) is 5.82 Å². The third kappa shape index (κ3) is 5.69. The summed E-state index contributed by atoms with van der Waals surface area (Å²) in [7, 11) is 0. The quantitative estimate of drug-likeness (QED) is 0.418. The highest BCUT2D eigenvalue weighted by atomic mass is 35.5. The molecule has 0 radical (unpaired) electrons. The molecule has 3 rings (SSSR count). The Hall–Kier alpha value is -3.63. The molecule has 0 saturated heterocycles. The lowest BCUT2D eigenvalue weighted by Gasteiger charge is -2.11. The Balaban J connectivity index is 1.77. The lowest BCUT2D eigenvalue weighted by atomic mass is 10.1. The summed E-state index contributed by atoms with van der Waals surface area (Å²) in [4.78, 5) is 17.1. The highest BCUT2D eigenvalue weighted by Gasteiger charge is 2.12. The van der Waals surface area contributed by atoms with Gasteiger partial charge in [-0.1, -0.05) is 43.6 Å². The number of carbonyl (C=O) groups is 1. The first-order valence-electron chi connectivity index (χ1n) is 9.39. The van der Waals surface area contributed by atoms with Gasteiger partial charge in [0.1, 0.15) is 0 Å². The van der Waals surface area contributed by atoms with E-state index in [0.717, 1.165) is 11.3 Å². The van der Waals surface area contributed by atoms with Crippen molar-refractivity contribution in [1.29, 1.82) is 5.26 Å². The number of aliphatic imine (C=N–C) groups is 1. The van der Waals surface area contributed by atoms with Gasteiger partial charge in [0.05, 0.1) is 17.3 Å². The fourth-order valence-electron chi connectivity index (χ4n) is 2.58. The molecule has 0 saturated carbocycles. The summed E-state index contributed by atoms with van der Waals surface area (Å²) in [5, 5.41) is 22.7. The Morgan fingerprint density at radius 2 is 2.00 bits per heavy atom. The Morgan fingerprint density at radius 3 is 2.70 bits per heavy atom. The van der Waals surface area contributed by atoms with Crippen LogP contribution in [0.2, 0.25) is 5.02 Å². The molecule has 0 aliphatic heterocycles. The Bertz CT molecular complexity index is 1100. The van der Waals surface area contributed by atoms with Crippen LogP contribution in [0.15, 0.2) is 59.6 Å². The first-order chi connectivity index (χ1) is 14.4. The molecule has 7 nitrogen and oxygen atoms in total. The van der Waals surface area contributed by atoms with Crippen LogP contribution in [0.1, 0.15) is 29.8 Å². The van der Waals surface area contributed by atoms with E-state index in [2.05, 4.69) is 25.8 Å². The predicted molar refractivity (Wildman–Crippen MR) is 118 cm³/mol. The summed E-state index contributed by atoms with van der Waals surface area (Å²) >= 11 is 5.94. The van der Waals surface area contributed by atoms with E-state index in [0.29, 0.717) is 34.4 Å². The number of aromatic amines is 1. The van der Waals surface area contributed by atoms with Crippen molar-refractivity contribution in [3.63, 3.8) is 0 Å². The number of benzene rings is 2. The molecular weight excluding hydrogens is 400 g/mol. The standard InChI is InChI=1S/C22H21ClN6O/c1-14(2)13-25-22(27-21(30)17-5-3-4-15(10-17)12-24)26-20-11-19(28-29-20)16-6-8-18(23)9-7-16/h3-11,14H,13H2,1-2H3,(H3,25,26,27,28,29,30). The molecule has 152 valence electrons. The van der Waals surface area contributed by atoms with Crippen LogP contribution < -0.4 is 10.6 Å². The molecule has 0 unspecified atom stereocenters. The number of nitrogens with zero attached hydrogens (tertiary/aromatic N) is 3. The van der Waals surface area contributed by atoms with Gasteiger partial charge in [-0.25, -0.2) is 0 Å². The molecule has 3 N–H and O–H groups in total. The van der Waals surface area contributed by atoms with Crippen molar-refractivity contribution in [2.75, 3.05) is 11.9 Å². The summed E-state index contributed by atoms with van der Waals surface area (Å²) in [6, 6.07) is 17.7. The van der Waals surface area contributed by atoms with Gasteiger partial charge in [-0.3, -0.25) is 20.2 Å². The number of nitrogens with one attached hydrogen (secondary N) is 3. The second kappa shape index (κ2) is 9.72. The molecule has 30 heavy (non-hydrogen) atoms. The third-order valence-corrected chi connectivity index (χ3v) is 4.33. The van der Waals surface area contributed by atoms with Crippen LogP contribution >= 0.6 is 11.6 Å². The number of carbonyl (C=O) groups excluding carboxylic acids is 1. The lowest BCUT2D eigenvalue weighted by Crippen LogP contribution is -2.36. The smallest absolute Gasteiger partial charge is 0.258 e. The summed E-state index contributed by atoms with van der Waals surface area (Å²) in [6.45, 7) is 4.59. The molecule has 0 aliphatic rings. The van der Waals surface area contributed by atoms with E-state index in [1.54, 1.807) is 30.3 Å². The van der Waals surface area contributed by atoms with E-state index in [9.17, 15) is 4.79 Å². The molecule has 1 amide bonds. The van der Waals surface area contributed by atoms with E-state index in [1.165, 1.54) is 6.07 Å². The second-order valence-corrected chi connectivity index (χ2v) is 7.47. The zero-order valence-corrected chi connectivity index (χ0v) is 17.4. The monoisotopic (exact) mass is 420 g/mol. The van der Waals surface area contributed by atoms with Crippen molar-refractivity contribution in [1.82, 2.24) is 15.5 Å². The van der Waals surface area contributed by atoms with E-state index in [1.807, 2.05) is 38.1 Å². The summed E-state index contributed by atoms with van der Waals surface area (Å²) < 4.78 is 0. The average molecular weight is 421 g/mol. The van der Waals surface area contributed by atoms with E-state index >= 15 is 0 Å². The maximum atomic E-state index is 12.6. The van der Waals surface area contributed by atoms with Crippen molar-refractivity contribution >= 4 is 29.3 Å². The third-order valence-electron chi connectivity index (χ3n) is 4.08. The average Bonchev–Trinajstić information content (AvgIpc) is 3.21. The number of hydrogen-bond donors (Lipinski definition) is 3. The van der Waals surface area contributed by atoms with Gasteiger partial charge in [0, 0.05) is 23.2 Å². The molecule has 0 bridgehead atoms. The summed E-state index contributed by atoms with van der Waals surface area (Å²) in [6.07, 6.45) is 0. The van der Waals surface area contributed by atoms with Crippen LogP contribution in [0.4, 0.5) is 5.82 Å². The molecule has 0 aliphatic carbocycles. The van der Waals surface area contributed by atoms with Crippen molar-refractivity contribution < 1.29 is 4.79 Å². The molecule has 0 spiro atoms. The second-order valence-electron chi connectivity index (χ2n) is 7.03. The Kier molecular flexibility index (Phi) is 6.83. The van der Waals surface area contributed by atoms with Crippen LogP contribution in [0, 0.1) is 17.2 Å². The van der Waals surface area contributed by atoms with Crippen LogP contribution in [-0.2, 0) is 0 Å². The fraction of sp³-hybridized carbons (Fsp3) is 0.182. The lowest BCUT2D eigenvalue weighted by molar-refractivity contribution is 0.0977. The minimum atomic E-state index is -0.365. The SMILES string of the molecule is CC(C)CN=C(NC(=O)c1cccc(C#N)c1)Nc1cc(-c2ccc(Cl)cc2)[nH]n1. The van der Waals surface area contributed by atoms with Gasteiger partial charge in [0.25, 0.3) is 5.91 Å². The number of halogens is 1. The number of amides is 1. The molecule has 1 aromatic heterocycles. The van der Waals surface area contributed by atoms with Crippen LogP contribution in [0.5, 0.6) is 0 Å². The number of rotatable bonds is 5. The normalized spacial score (nSPS) is 11.2. The first kappa shape index (κ1) is 21.1. The maximum absolute atomic E-state index is 12.6. The molecular formula is C22H21ClN6O. The van der Waals surface area contributed by atoms with Crippen LogP contribution in [0.3, 0.4) is 0 Å². The van der Waals surface area contributed by atoms with Crippen LogP contribution in [-0.4, -0.2) is 28.6 Å². The molecule has 0 atom stereocenters. The van der Waals surface area contributed by atoms with Crippen molar-refractivity contribution in [3.8, 4) is 17.3 Å². The summed E-state index contributed by atoms with van der Waals surface area (Å²) in [5.74, 6) is 0.735.